The van der Waals surface area contributed by atoms with Gasteiger partial charge in [0.1, 0.15) is 5.75 Å². The number of carbonyl (C=O) groups excluding carboxylic acids is 1. The SMILES string of the molecule is COc1ccc(NC(=O)[C@](F)(N2C(F)(F)C(F)(F)N(C(F)(F)F)C(F)(F)C2(F)F)C(F)(F)F)cc1. The van der Waals surface area contributed by atoms with Crippen LogP contribution in [0.1, 0.15) is 0 Å². The largest absolute Gasteiger partial charge is 0.497 e. The fourth-order valence-electron chi connectivity index (χ4n) is 2.84. The minimum Gasteiger partial charge on any atom is -0.497 e. The van der Waals surface area contributed by atoms with Crippen LogP contribution in [0.4, 0.5) is 71.5 Å². The van der Waals surface area contributed by atoms with E-state index in [1.807, 2.05) is 0 Å². The molecule has 35 heavy (non-hydrogen) atoms. The van der Waals surface area contributed by atoms with Crippen LogP contribution in [-0.2, 0) is 4.79 Å². The zero-order chi connectivity index (χ0) is 27.6. The molecule has 1 amide bonds. The van der Waals surface area contributed by atoms with Crippen LogP contribution in [0, 0.1) is 0 Å². The van der Waals surface area contributed by atoms with E-state index in [2.05, 4.69) is 4.74 Å². The van der Waals surface area contributed by atoms with Crippen molar-refractivity contribution in [3.63, 3.8) is 0 Å². The number of benzene rings is 1. The van der Waals surface area contributed by atoms with Gasteiger partial charge in [0.25, 0.3) is 5.91 Å². The highest BCUT2D eigenvalue weighted by molar-refractivity contribution is 5.97. The molecule has 1 aliphatic rings. The van der Waals surface area contributed by atoms with Crippen LogP contribution in [0.25, 0.3) is 0 Å². The summed E-state index contributed by atoms with van der Waals surface area (Å²) in [5.41, 5.74) is -1.01. The molecule has 1 aromatic rings. The van der Waals surface area contributed by atoms with Gasteiger partial charge in [-0.15, -0.1) is 4.90 Å². The molecular formula is C15H8F15N3O2. The normalized spacial score (nSPS) is 23.9. The molecule has 200 valence electrons. The highest BCUT2D eigenvalue weighted by Gasteiger charge is 2.94. The Morgan fingerprint density at radius 1 is 0.743 bits per heavy atom. The molecule has 1 N–H and O–H groups in total. The number of nitrogens with one attached hydrogen (secondary N) is 1. The van der Waals surface area contributed by atoms with Crippen molar-refractivity contribution in [2.24, 2.45) is 0 Å². The maximum Gasteiger partial charge on any atom is 0.469 e. The number of hydrogen-bond acceptors (Lipinski definition) is 4. The van der Waals surface area contributed by atoms with Gasteiger partial charge in [0.2, 0.25) is 0 Å². The molecule has 0 saturated carbocycles. The molecule has 20 heteroatoms. The number of anilines is 1. The van der Waals surface area contributed by atoms with E-state index in [1.54, 1.807) is 0 Å². The van der Waals surface area contributed by atoms with Crippen molar-refractivity contribution < 1.29 is 75.4 Å². The predicted octanol–water partition coefficient (Wildman–Crippen LogP) is 5.37. The number of methoxy groups -OCH3 is 1. The third kappa shape index (κ3) is 3.99. The lowest BCUT2D eigenvalue weighted by Crippen LogP contribution is -2.88. The Balaban J connectivity index is 2.79. The lowest BCUT2D eigenvalue weighted by molar-refractivity contribution is -0.569. The van der Waals surface area contributed by atoms with Gasteiger partial charge in [-0.1, -0.05) is 4.90 Å². The van der Waals surface area contributed by atoms with Crippen molar-refractivity contribution in [1.29, 1.82) is 0 Å². The number of halogens is 15. The number of piperazine rings is 1. The summed E-state index contributed by atoms with van der Waals surface area (Å²) in [5.74, 6) is -10.9. The molecule has 0 spiro atoms. The molecule has 1 aliphatic heterocycles. The predicted molar refractivity (Wildman–Crippen MR) is 81.0 cm³/mol. The van der Waals surface area contributed by atoms with Gasteiger partial charge in [0, 0.05) is 5.69 Å². The highest BCUT2D eigenvalue weighted by Crippen LogP contribution is 2.64. The summed E-state index contributed by atoms with van der Waals surface area (Å²) in [4.78, 5) is 3.99. The molecule has 0 aliphatic carbocycles. The zero-order valence-electron chi connectivity index (χ0n) is 16.2. The molecule has 0 unspecified atom stereocenters. The Kier molecular flexibility index (Phi) is 6.48. The van der Waals surface area contributed by atoms with Gasteiger partial charge in [-0.2, -0.15) is 61.5 Å². The van der Waals surface area contributed by atoms with Crippen molar-refractivity contribution in [1.82, 2.24) is 9.80 Å². The highest BCUT2D eigenvalue weighted by atomic mass is 19.4. The van der Waals surface area contributed by atoms with Crippen LogP contribution < -0.4 is 10.1 Å². The van der Waals surface area contributed by atoms with Crippen LogP contribution >= 0.6 is 0 Å². The number of rotatable bonds is 4. The number of ether oxygens (including phenoxy) is 1. The molecule has 0 aromatic heterocycles. The minimum absolute atomic E-state index is 0.0917. The van der Waals surface area contributed by atoms with Crippen molar-refractivity contribution >= 4 is 11.6 Å². The van der Waals surface area contributed by atoms with Gasteiger partial charge in [-0.25, -0.2) is 4.39 Å². The molecule has 1 atom stereocenters. The molecule has 1 aromatic carbocycles. The number of amides is 1. The summed E-state index contributed by atoms with van der Waals surface area (Å²) in [5, 5.41) is 0.786. The summed E-state index contributed by atoms with van der Waals surface area (Å²) in [6.07, 6.45) is -14.8. The van der Waals surface area contributed by atoms with E-state index in [-0.39, 0.29) is 5.75 Å². The molecule has 5 nitrogen and oxygen atoms in total. The van der Waals surface area contributed by atoms with Crippen LogP contribution in [0.15, 0.2) is 24.3 Å². The van der Waals surface area contributed by atoms with Crippen molar-refractivity contribution in [2.45, 2.75) is 42.5 Å². The second kappa shape index (κ2) is 7.93. The number of alkyl halides is 15. The first-order valence-corrected chi connectivity index (χ1v) is 8.31. The lowest BCUT2D eigenvalue weighted by atomic mass is 10.0. The Morgan fingerprint density at radius 2 is 1.11 bits per heavy atom. The first-order chi connectivity index (χ1) is 15.4. The van der Waals surface area contributed by atoms with Crippen LogP contribution in [0.2, 0.25) is 0 Å². The first-order valence-electron chi connectivity index (χ1n) is 8.31. The average molecular weight is 547 g/mol. The second-order valence-corrected chi connectivity index (χ2v) is 6.61. The van der Waals surface area contributed by atoms with E-state index >= 15 is 0 Å². The van der Waals surface area contributed by atoms with Crippen molar-refractivity contribution in [2.75, 3.05) is 12.4 Å². The number of carbonyl (C=O) groups is 1. The van der Waals surface area contributed by atoms with E-state index in [4.69, 9.17) is 0 Å². The van der Waals surface area contributed by atoms with Crippen LogP contribution in [0.5, 0.6) is 5.75 Å². The third-order valence-electron chi connectivity index (χ3n) is 4.43. The fourth-order valence-corrected chi connectivity index (χ4v) is 2.84. The molecular weight excluding hydrogens is 539 g/mol. The molecule has 1 fully saturated rings. The zero-order valence-corrected chi connectivity index (χ0v) is 16.2. The Morgan fingerprint density at radius 3 is 1.43 bits per heavy atom. The topological polar surface area (TPSA) is 44.8 Å². The third-order valence-corrected chi connectivity index (χ3v) is 4.43. The van der Waals surface area contributed by atoms with Crippen molar-refractivity contribution in [3.05, 3.63) is 24.3 Å². The summed E-state index contributed by atoms with van der Waals surface area (Å²) in [6, 6.07) is -28.1. The second-order valence-electron chi connectivity index (χ2n) is 6.61. The van der Waals surface area contributed by atoms with Gasteiger partial charge in [-0.05, 0) is 24.3 Å². The number of hydrogen-bond donors (Lipinski definition) is 1. The van der Waals surface area contributed by atoms with Gasteiger partial charge in [0.15, 0.2) is 0 Å². The van der Waals surface area contributed by atoms with E-state index in [1.165, 1.54) is 0 Å². The molecule has 2 rings (SSSR count). The van der Waals surface area contributed by atoms with E-state index in [0.29, 0.717) is 12.1 Å². The summed E-state index contributed by atoms with van der Waals surface area (Å²) < 4.78 is 210. The van der Waals surface area contributed by atoms with Gasteiger partial charge < -0.3 is 10.1 Å². The summed E-state index contributed by atoms with van der Waals surface area (Å²) >= 11 is 0. The van der Waals surface area contributed by atoms with Gasteiger partial charge in [0.05, 0.1) is 7.11 Å². The Bertz CT molecular complexity index is 932. The smallest absolute Gasteiger partial charge is 0.469 e. The minimum atomic E-state index is -7.73. The van der Waals surface area contributed by atoms with Crippen molar-refractivity contribution in [3.8, 4) is 5.75 Å². The monoisotopic (exact) mass is 547 g/mol. The quantitative estimate of drug-likeness (QED) is 0.407. The van der Waals surface area contributed by atoms with E-state index < -0.39 is 63.8 Å². The summed E-state index contributed by atoms with van der Waals surface area (Å²) in [6.45, 7) is 0. The van der Waals surface area contributed by atoms with E-state index in [0.717, 1.165) is 24.6 Å². The Hall–Kier alpha value is -2.64. The lowest BCUT2D eigenvalue weighted by Gasteiger charge is -2.55. The molecule has 0 radical (unpaired) electrons. The Labute approximate surface area is 183 Å². The molecule has 0 bridgehead atoms. The van der Waals surface area contributed by atoms with E-state index in [9.17, 15) is 70.7 Å². The van der Waals surface area contributed by atoms with Crippen LogP contribution in [0.3, 0.4) is 0 Å². The molecule has 1 heterocycles. The maximum atomic E-state index is 14.9. The fraction of sp³-hybridized carbons (Fsp3) is 0.533. The van der Waals surface area contributed by atoms with Gasteiger partial charge in [-0.3, -0.25) is 4.79 Å². The first kappa shape index (κ1) is 28.6. The molecule has 1 saturated heterocycles. The average Bonchev–Trinajstić information content (AvgIpc) is 2.64. The number of nitrogens with zero attached hydrogens (tertiary/aromatic N) is 2. The van der Waals surface area contributed by atoms with Gasteiger partial charge >= 0.3 is 42.5 Å². The standard InChI is InChI=1S/C15H8F15N3O2/c1-35-7-4-2-6(3-5-7)31-8(34)9(16,10(17,18)19)32-11(20,21)13(24,25)33(15(28,29)30)14(26,27)12(32,22)23/h2-5H,1H3,(H,31,34)/t9-/m0/s1. The van der Waals surface area contributed by atoms with Crippen LogP contribution in [-0.4, -0.2) is 65.3 Å². The summed E-state index contributed by atoms with van der Waals surface area (Å²) in [7, 11) is 1.05. The maximum absolute atomic E-state index is 14.9.